The van der Waals surface area contributed by atoms with Gasteiger partial charge in [-0.1, -0.05) is 20.3 Å². The minimum atomic E-state index is 0.289. The summed E-state index contributed by atoms with van der Waals surface area (Å²) in [4.78, 5) is 13.2. The Bertz CT molecular complexity index is 552. The predicted molar refractivity (Wildman–Crippen MR) is 83.7 cm³/mol. The first-order chi connectivity index (χ1) is 10.1. The van der Waals surface area contributed by atoms with E-state index in [0.29, 0.717) is 23.8 Å². The molecule has 0 aliphatic rings. The van der Waals surface area contributed by atoms with Crippen LogP contribution in [0.15, 0.2) is 18.5 Å². The standard InChI is InChI=1S/C14H23N7/c1-5-10(3)11(4)17-13-18-12(15-6-2)19-14(20-13)21-9-7-8-16-21/h7-11H,5-6H2,1-4H3,(H2,15,17,18,19,20). The van der Waals surface area contributed by atoms with Crippen LogP contribution >= 0.6 is 0 Å². The van der Waals surface area contributed by atoms with Crippen LogP contribution in [0, 0.1) is 5.92 Å². The fourth-order valence-electron chi connectivity index (χ4n) is 1.86. The van der Waals surface area contributed by atoms with Gasteiger partial charge in [0.05, 0.1) is 0 Å². The van der Waals surface area contributed by atoms with Gasteiger partial charge in [0.15, 0.2) is 0 Å². The van der Waals surface area contributed by atoms with Crippen LogP contribution in [0.5, 0.6) is 0 Å². The van der Waals surface area contributed by atoms with E-state index in [0.717, 1.165) is 13.0 Å². The van der Waals surface area contributed by atoms with Gasteiger partial charge in [-0.25, -0.2) is 4.68 Å². The number of hydrogen-bond acceptors (Lipinski definition) is 6. The molecule has 0 aliphatic heterocycles. The summed E-state index contributed by atoms with van der Waals surface area (Å²) in [5.74, 6) is 2.17. The van der Waals surface area contributed by atoms with E-state index in [-0.39, 0.29) is 6.04 Å². The summed E-state index contributed by atoms with van der Waals surface area (Å²) in [6.45, 7) is 9.28. The topological polar surface area (TPSA) is 80.5 Å². The summed E-state index contributed by atoms with van der Waals surface area (Å²) in [6, 6.07) is 2.13. The highest BCUT2D eigenvalue weighted by molar-refractivity contribution is 5.38. The molecular weight excluding hydrogens is 266 g/mol. The van der Waals surface area contributed by atoms with Gasteiger partial charge in [0.1, 0.15) is 0 Å². The zero-order valence-electron chi connectivity index (χ0n) is 13.0. The Labute approximate surface area is 125 Å². The fourth-order valence-corrected chi connectivity index (χ4v) is 1.86. The van der Waals surface area contributed by atoms with Gasteiger partial charge in [0.25, 0.3) is 5.95 Å². The van der Waals surface area contributed by atoms with Gasteiger partial charge in [-0.05, 0) is 25.8 Å². The molecule has 0 aromatic carbocycles. The van der Waals surface area contributed by atoms with E-state index < -0.39 is 0 Å². The Hall–Kier alpha value is -2.18. The minimum absolute atomic E-state index is 0.289. The highest BCUT2D eigenvalue weighted by Crippen LogP contribution is 2.14. The summed E-state index contributed by atoms with van der Waals surface area (Å²) in [6.07, 6.45) is 4.61. The van der Waals surface area contributed by atoms with Crippen molar-refractivity contribution < 1.29 is 0 Å². The van der Waals surface area contributed by atoms with Crippen molar-refractivity contribution >= 4 is 11.9 Å². The number of aromatic nitrogens is 5. The summed E-state index contributed by atoms with van der Waals surface area (Å²) < 4.78 is 1.63. The highest BCUT2D eigenvalue weighted by atomic mass is 15.4. The monoisotopic (exact) mass is 289 g/mol. The van der Waals surface area contributed by atoms with Crippen LogP contribution < -0.4 is 10.6 Å². The first-order valence-corrected chi connectivity index (χ1v) is 7.40. The van der Waals surface area contributed by atoms with Crippen LogP contribution in [0.2, 0.25) is 0 Å². The predicted octanol–water partition coefficient (Wildman–Crippen LogP) is 2.34. The maximum Gasteiger partial charge on any atom is 0.257 e. The molecule has 0 spiro atoms. The molecule has 2 atom stereocenters. The zero-order valence-corrected chi connectivity index (χ0v) is 13.0. The average molecular weight is 289 g/mol. The van der Waals surface area contributed by atoms with Gasteiger partial charge in [0, 0.05) is 25.0 Å². The lowest BCUT2D eigenvalue weighted by molar-refractivity contribution is 0.492. The molecule has 0 saturated heterocycles. The Morgan fingerprint density at radius 3 is 2.52 bits per heavy atom. The lowest BCUT2D eigenvalue weighted by atomic mass is 10.0. The molecule has 0 amide bonds. The Morgan fingerprint density at radius 1 is 1.14 bits per heavy atom. The molecule has 114 valence electrons. The van der Waals surface area contributed by atoms with Crippen molar-refractivity contribution in [2.45, 2.75) is 40.2 Å². The van der Waals surface area contributed by atoms with Crippen molar-refractivity contribution in [1.29, 1.82) is 0 Å². The fraction of sp³-hybridized carbons (Fsp3) is 0.571. The summed E-state index contributed by atoms with van der Waals surface area (Å²) in [5, 5.41) is 10.6. The first kappa shape index (κ1) is 15.2. The highest BCUT2D eigenvalue weighted by Gasteiger charge is 2.14. The van der Waals surface area contributed by atoms with E-state index in [1.165, 1.54) is 0 Å². The van der Waals surface area contributed by atoms with Gasteiger partial charge in [-0.15, -0.1) is 0 Å². The number of nitrogens with zero attached hydrogens (tertiary/aromatic N) is 5. The van der Waals surface area contributed by atoms with Crippen LogP contribution in [0.25, 0.3) is 5.95 Å². The van der Waals surface area contributed by atoms with Gasteiger partial charge < -0.3 is 10.6 Å². The van der Waals surface area contributed by atoms with Crippen LogP contribution in [0.3, 0.4) is 0 Å². The third-order valence-electron chi connectivity index (χ3n) is 3.52. The molecule has 0 aliphatic carbocycles. The van der Waals surface area contributed by atoms with Crippen molar-refractivity contribution in [3.8, 4) is 5.95 Å². The summed E-state index contributed by atoms with van der Waals surface area (Å²) >= 11 is 0. The van der Waals surface area contributed by atoms with Gasteiger partial charge >= 0.3 is 0 Å². The van der Waals surface area contributed by atoms with Crippen LogP contribution in [-0.4, -0.2) is 37.3 Å². The third kappa shape index (κ3) is 3.90. The molecule has 2 aromatic heterocycles. The smallest absolute Gasteiger partial charge is 0.257 e. The SMILES string of the molecule is CCNc1nc(NC(C)C(C)CC)nc(-n2cccn2)n1. The number of rotatable bonds is 7. The molecule has 0 saturated carbocycles. The van der Waals surface area contributed by atoms with E-state index in [1.54, 1.807) is 10.9 Å². The molecule has 7 heteroatoms. The van der Waals surface area contributed by atoms with Crippen molar-refractivity contribution in [2.24, 2.45) is 5.92 Å². The number of hydrogen-bond donors (Lipinski definition) is 2. The molecule has 21 heavy (non-hydrogen) atoms. The van der Waals surface area contributed by atoms with E-state index in [4.69, 9.17) is 0 Å². The molecule has 2 aromatic rings. The van der Waals surface area contributed by atoms with Gasteiger partial charge in [-0.2, -0.15) is 20.1 Å². The van der Waals surface area contributed by atoms with Crippen LogP contribution in [0.4, 0.5) is 11.9 Å². The second-order valence-electron chi connectivity index (χ2n) is 5.08. The van der Waals surface area contributed by atoms with Crippen molar-refractivity contribution in [3.05, 3.63) is 18.5 Å². The number of nitrogens with one attached hydrogen (secondary N) is 2. The van der Waals surface area contributed by atoms with Crippen LogP contribution in [0.1, 0.15) is 34.1 Å². The quantitative estimate of drug-likeness (QED) is 0.814. The van der Waals surface area contributed by atoms with E-state index in [2.05, 4.69) is 51.5 Å². The molecule has 0 bridgehead atoms. The zero-order chi connectivity index (χ0) is 15.2. The lowest BCUT2D eigenvalue weighted by Gasteiger charge is -2.20. The second kappa shape index (κ2) is 7.01. The average Bonchev–Trinajstić information content (AvgIpc) is 3.00. The Kier molecular flexibility index (Phi) is 5.08. The second-order valence-corrected chi connectivity index (χ2v) is 5.08. The Morgan fingerprint density at radius 2 is 1.90 bits per heavy atom. The molecule has 2 heterocycles. The third-order valence-corrected chi connectivity index (χ3v) is 3.52. The number of anilines is 2. The molecule has 0 fully saturated rings. The lowest BCUT2D eigenvalue weighted by Crippen LogP contribution is -2.25. The molecule has 2 unspecified atom stereocenters. The normalized spacial score (nSPS) is 13.7. The molecule has 0 radical (unpaired) electrons. The molecule has 2 rings (SSSR count). The van der Waals surface area contributed by atoms with Gasteiger partial charge in [-0.3, -0.25) is 0 Å². The van der Waals surface area contributed by atoms with Crippen molar-refractivity contribution in [3.63, 3.8) is 0 Å². The first-order valence-electron chi connectivity index (χ1n) is 7.40. The summed E-state index contributed by atoms with van der Waals surface area (Å²) in [7, 11) is 0. The van der Waals surface area contributed by atoms with Gasteiger partial charge in [0.2, 0.25) is 11.9 Å². The maximum absolute atomic E-state index is 4.44. The van der Waals surface area contributed by atoms with E-state index >= 15 is 0 Å². The molecule has 2 N–H and O–H groups in total. The van der Waals surface area contributed by atoms with E-state index in [9.17, 15) is 0 Å². The van der Waals surface area contributed by atoms with Crippen molar-refractivity contribution in [2.75, 3.05) is 17.2 Å². The van der Waals surface area contributed by atoms with Crippen molar-refractivity contribution in [1.82, 2.24) is 24.7 Å². The molecular formula is C14H23N7. The maximum atomic E-state index is 4.44. The van der Waals surface area contributed by atoms with E-state index in [1.807, 2.05) is 19.2 Å². The minimum Gasteiger partial charge on any atom is -0.354 e. The van der Waals surface area contributed by atoms with Crippen LogP contribution in [-0.2, 0) is 0 Å². The molecule has 7 nitrogen and oxygen atoms in total. The largest absolute Gasteiger partial charge is 0.354 e. The summed E-state index contributed by atoms with van der Waals surface area (Å²) in [5.41, 5.74) is 0. The Balaban J connectivity index is 2.27.